The summed E-state index contributed by atoms with van der Waals surface area (Å²) in [5.41, 5.74) is 4.02. The van der Waals surface area contributed by atoms with Gasteiger partial charge in [-0.1, -0.05) is 13.0 Å². The van der Waals surface area contributed by atoms with Crippen LogP contribution in [0.25, 0.3) is 10.9 Å². The number of anilines is 2. The van der Waals surface area contributed by atoms with Crippen LogP contribution in [0.1, 0.15) is 103 Å². The average Bonchev–Trinajstić information content (AvgIpc) is 3.62. The van der Waals surface area contributed by atoms with Crippen LogP contribution < -0.4 is 20.3 Å². The normalized spacial score (nSPS) is 23.8. The number of likely N-dealkylation sites (tertiary alicyclic amines) is 2. The number of halogens is 1. The van der Waals surface area contributed by atoms with E-state index in [2.05, 4.69) is 30.3 Å². The second-order valence-electron chi connectivity index (χ2n) is 19.9. The van der Waals surface area contributed by atoms with Crippen molar-refractivity contribution in [3.05, 3.63) is 95.4 Å². The number of carbonyl (C=O) groups is 6. The Labute approximate surface area is 401 Å². The molecule has 15 nitrogen and oxygen atoms in total. The lowest BCUT2D eigenvalue weighted by atomic mass is 9.73. The summed E-state index contributed by atoms with van der Waals surface area (Å²) in [5, 5.41) is 6.25. The molecule has 2 N–H and O–H groups in total. The van der Waals surface area contributed by atoms with E-state index < -0.39 is 29.7 Å². The van der Waals surface area contributed by atoms with Gasteiger partial charge >= 0.3 is 0 Å². The molecule has 1 aliphatic carbocycles. The second kappa shape index (κ2) is 20.0. The molecule has 2 atom stereocenters. The van der Waals surface area contributed by atoms with Crippen LogP contribution in [-0.2, 0) is 19.2 Å². The van der Waals surface area contributed by atoms with Crippen LogP contribution >= 0.6 is 0 Å². The van der Waals surface area contributed by atoms with Crippen molar-refractivity contribution in [1.29, 1.82) is 0 Å². The number of nitrogens with one attached hydrogen (secondary N) is 2. The quantitative estimate of drug-likeness (QED) is 0.170. The first-order valence-corrected chi connectivity index (χ1v) is 24.9. The number of piperidine rings is 3. The van der Waals surface area contributed by atoms with Crippen LogP contribution in [0.15, 0.2) is 72.9 Å². The number of amides is 6. The van der Waals surface area contributed by atoms with Gasteiger partial charge in [0.15, 0.2) is 0 Å². The van der Waals surface area contributed by atoms with Crippen LogP contribution in [0.5, 0.6) is 5.75 Å². The van der Waals surface area contributed by atoms with Gasteiger partial charge in [0, 0.05) is 101 Å². The molecule has 5 aliphatic heterocycles. The molecule has 1 unspecified atom stereocenters. The number of pyridine rings is 1. The number of hydrogen-bond donors (Lipinski definition) is 2. The number of piperazine rings is 1. The largest absolute Gasteiger partial charge is 0.490 e. The Morgan fingerprint density at radius 2 is 1.55 bits per heavy atom. The number of aromatic nitrogens is 1. The third-order valence-corrected chi connectivity index (χ3v) is 15.8. The third kappa shape index (κ3) is 9.83. The van der Waals surface area contributed by atoms with Gasteiger partial charge in [-0.05, 0) is 123 Å². The van der Waals surface area contributed by atoms with Crippen LogP contribution in [0.3, 0.4) is 0 Å². The van der Waals surface area contributed by atoms with Gasteiger partial charge in [-0.3, -0.25) is 53.8 Å². The maximum atomic E-state index is 14.1. The smallest absolute Gasteiger partial charge is 0.264 e. The maximum absolute atomic E-state index is 14.1. The molecule has 16 heteroatoms. The highest BCUT2D eigenvalue weighted by atomic mass is 19.1. The van der Waals surface area contributed by atoms with Gasteiger partial charge in [0.25, 0.3) is 11.8 Å². The molecule has 6 heterocycles. The topological polar surface area (TPSA) is 165 Å². The summed E-state index contributed by atoms with van der Waals surface area (Å²) in [7, 11) is 0. The van der Waals surface area contributed by atoms with Gasteiger partial charge in [-0.25, -0.2) is 4.39 Å². The Balaban J connectivity index is 0.622. The minimum Gasteiger partial charge on any atom is -0.490 e. The van der Waals surface area contributed by atoms with Gasteiger partial charge in [-0.2, -0.15) is 0 Å². The zero-order chi connectivity index (χ0) is 47.8. The molecule has 69 heavy (non-hydrogen) atoms. The number of rotatable bonds is 11. The fourth-order valence-corrected chi connectivity index (χ4v) is 11.8. The molecule has 362 valence electrons. The highest BCUT2D eigenvalue weighted by molar-refractivity contribution is 6.25. The molecule has 10 rings (SSSR count). The molecule has 5 fully saturated rings. The Morgan fingerprint density at radius 1 is 0.812 bits per heavy atom. The van der Waals surface area contributed by atoms with E-state index in [1.165, 1.54) is 6.07 Å². The van der Waals surface area contributed by atoms with E-state index in [1.807, 2.05) is 48.2 Å². The zero-order valence-electron chi connectivity index (χ0n) is 39.2. The minimum atomic E-state index is -0.996. The average molecular weight is 941 g/mol. The number of ether oxygens (including phenoxy) is 1. The predicted octanol–water partition coefficient (Wildman–Crippen LogP) is 5.98. The molecule has 6 amide bonds. The number of hydrogen-bond acceptors (Lipinski definition) is 11. The van der Waals surface area contributed by atoms with Crippen molar-refractivity contribution in [1.82, 2.24) is 29.9 Å². The molecular weight excluding hydrogens is 880 g/mol. The van der Waals surface area contributed by atoms with Crippen molar-refractivity contribution in [2.75, 3.05) is 69.1 Å². The van der Waals surface area contributed by atoms with E-state index in [0.717, 1.165) is 110 Å². The lowest BCUT2D eigenvalue weighted by Gasteiger charge is -2.43. The fraction of sp³-hybridized carbons (Fsp3) is 0.491. The first kappa shape index (κ1) is 46.5. The van der Waals surface area contributed by atoms with Crippen molar-refractivity contribution in [2.24, 2.45) is 11.8 Å². The SMILES string of the molecule is C[C@@H](C(=O)Nc1ccc(OC2CCN(C(=O)CN3CCC(N4CCN(c5cccc6c5C(=O)N(C5CCC(=O)NC5=O)C6=O)CC4)CC3)CC2)cc1)[C@H]1CC[C@@H](c2ccnc3ccc(F)cc32)CC1. The van der Waals surface area contributed by atoms with Crippen LogP contribution in [0.2, 0.25) is 0 Å². The Kier molecular flexibility index (Phi) is 13.5. The summed E-state index contributed by atoms with van der Waals surface area (Å²) >= 11 is 0. The van der Waals surface area contributed by atoms with Crippen molar-refractivity contribution in [3.63, 3.8) is 0 Å². The van der Waals surface area contributed by atoms with E-state index in [0.29, 0.717) is 61.5 Å². The van der Waals surface area contributed by atoms with E-state index in [-0.39, 0.29) is 48.4 Å². The number of fused-ring (bicyclic) bond motifs is 2. The number of benzene rings is 3. The Morgan fingerprint density at radius 3 is 2.28 bits per heavy atom. The number of imide groups is 2. The first-order valence-electron chi connectivity index (χ1n) is 24.9. The molecule has 6 aliphatic rings. The summed E-state index contributed by atoms with van der Waals surface area (Å²) in [6.45, 7) is 8.42. The van der Waals surface area contributed by atoms with E-state index in [1.54, 1.807) is 30.5 Å². The zero-order valence-corrected chi connectivity index (χ0v) is 39.2. The summed E-state index contributed by atoms with van der Waals surface area (Å²) in [4.78, 5) is 92.5. The molecule has 1 saturated carbocycles. The lowest BCUT2D eigenvalue weighted by molar-refractivity contribution is -0.136. The summed E-state index contributed by atoms with van der Waals surface area (Å²) < 4.78 is 20.4. The van der Waals surface area contributed by atoms with Crippen LogP contribution in [-0.4, -0.2) is 137 Å². The van der Waals surface area contributed by atoms with E-state index in [9.17, 15) is 33.2 Å². The van der Waals surface area contributed by atoms with Gasteiger partial charge in [0.1, 0.15) is 23.7 Å². The predicted molar refractivity (Wildman–Crippen MR) is 257 cm³/mol. The molecule has 3 aromatic carbocycles. The summed E-state index contributed by atoms with van der Waals surface area (Å²) in [5.74, 6) is -0.876. The Hall–Kier alpha value is -6.26. The van der Waals surface area contributed by atoms with Crippen molar-refractivity contribution in [3.8, 4) is 5.75 Å². The van der Waals surface area contributed by atoms with Crippen molar-refractivity contribution in [2.45, 2.75) is 95.2 Å². The van der Waals surface area contributed by atoms with Crippen LogP contribution in [0.4, 0.5) is 15.8 Å². The maximum Gasteiger partial charge on any atom is 0.264 e. The Bertz CT molecular complexity index is 2610. The summed E-state index contributed by atoms with van der Waals surface area (Å²) in [6.07, 6.45) is 9.23. The highest BCUT2D eigenvalue weighted by Gasteiger charge is 2.46. The molecule has 0 bridgehead atoms. The van der Waals surface area contributed by atoms with Crippen LogP contribution in [0, 0.1) is 17.7 Å². The molecule has 1 aromatic heterocycles. The third-order valence-electron chi connectivity index (χ3n) is 15.8. The lowest BCUT2D eigenvalue weighted by Crippen LogP contribution is -2.55. The monoisotopic (exact) mass is 940 g/mol. The first-order chi connectivity index (χ1) is 33.5. The molecule has 0 spiro atoms. The van der Waals surface area contributed by atoms with Crippen molar-refractivity contribution < 1.29 is 37.9 Å². The minimum absolute atomic E-state index is 0.00308. The van der Waals surface area contributed by atoms with Gasteiger partial charge < -0.3 is 19.9 Å². The van der Waals surface area contributed by atoms with Crippen molar-refractivity contribution >= 4 is 57.7 Å². The van der Waals surface area contributed by atoms with Gasteiger partial charge in [0.05, 0.1) is 28.9 Å². The molecule has 0 radical (unpaired) electrons. The molecule has 4 aromatic rings. The second-order valence-corrected chi connectivity index (χ2v) is 19.9. The number of nitrogens with zero attached hydrogens (tertiary/aromatic N) is 6. The van der Waals surface area contributed by atoms with Gasteiger partial charge in [0.2, 0.25) is 23.6 Å². The molecular formula is C53H61FN8O7. The van der Waals surface area contributed by atoms with E-state index >= 15 is 0 Å². The standard InChI is InChI=1S/C53H61FN8O7/c1-33(34-5-7-35(8-6-34)41-17-22-55-44-14-9-36(54)31-43(41)44)50(65)56-37-10-12-39(13-11-37)69-40-20-25-61(26-21-40)48(64)32-58-23-18-38(19-24-58)59-27-29-60(30-28-59)45-4-2-3-42-49(45)53(68)62(52(42)67)46-15-16-47(63)57-51(46)66/h2-4,9-14,17,22,31,33-35,38,40,46H,5-8,15-16,18-21,23-30,32H2,1H3,(H,56,65)(H,57,63,66)/t33-,34-,35+,46?/m1/s1. The molecule has 4 saturated heterocycles. The summed E-state index contributed by atoms with van der Waals surface area (Å²) in [6, 6.07) is 19.0. The fourth-order valence-electron chi connectivity index (χ4n) is 11.8. The number of carbonyl (C=O) groups excluding carboxylic acids is 6. The van der Waals surface area contributed by atoms with E-state index in [4.69, 9.17) is 4.74 Å². The van der Waals surface area contributed by atoms with Gasteiger partial charge in [-0.15, -0.1) is 0 Å². The highest BCUT2D eigenvalue weighted by Crippen LogP contribution is 2.41.